The van der Waals surface area contributed by atoms with Crippen molar-refractivity contribution in [3.63, 3.8) is 0 Å². The van der Waals surface area contributed by atoms with Gasteiger partial charge in [-0.1, -0.05) is 23.7 Å². The monoisotopic (exact) mass is 339 g/mol. The first kappa shape index (κ1) is 15.4. The zero-order chi connectivity index (χ0) is 16.7. The van der Waals surface area contributed by atoms with Gasteiger partial charge in [-0.25, -0.2) is 4.98 Å². The number of hydrogen-bond donors (Lipinski definition) is 0. The molecule has 1 aromatic carbocycles. The van der Waals surface area contributed by atoms with Crippen molar-refractivity contribution in [2.24, 2.45) is 0 Å². The van der Waals surface area contributed by atoms with Gasteiger partial charge in [0.05, 0.1) is 5.69 Å². The fraction of sp³-hybridized carbons (Fsp3) is 0.263. The third kappa shape index (κ3) is 2.83. The van der Waals surface area contributed by atoms with Crippen LogP contribution in [0.5, 0.6) is 0 Å². The molecule has 0 aliphatic carbocycles. The minimum Gasteiger partial charge on any atom is -0.293 e. The molecule has 0 amide bonds. The number of aromatic nitrogens is 2. The SMILES string of the molecule is Cc1cccn2c(=O)cc(CN3CCc4cc(Cl)ccc4C3)nc12. The van der Waals surface area contributed by atoms with Gasteiger partial charge in [0.2, 0.25) is 0 Å². The Balaban J connectivity index is 1.62. The summed E-state index contributed by atoms with van der Waals surface area (Å²) in [6.07, 6.45) is 2.74. The van der Waals surface area contributed by atoms with Crippen LogP contribution in [0.1, 0.15) is 22.4 Å². The summed E-state index contributed by atoms with van der Waals surface area (Å²) < 4.78 is 1.60. The summed E-state index contributed by atoms with van der Waals surface area (Å²) in [5.74, 6) is 0. The van der Waals surface area contributed by atoms with Gasteiger partial charge in [-0.3, -0.25) is 14.1 Å². The first-order valence-corrected chi connectivity index (χ1v) is 8.45. The molecule has 0 bridgehead atoms. The maximum Gasteiger partial charge on any atom is 0.258 e. The number of nitrogens with zero attached hydrogens (tertiary/aromatic N) is 3. The molecule has 0 unspecified atom stereocenters. The lowest BCUT2D eigenvalue weighted by Gasteiger charge is -2.28. The molecule has 3 aromatic rings. The van der Waals surface area contributed by atoms with Gasteiger partial charge in [0, 0.05) is 36.9 Å². The van der Waals surface area contributed by atoms with Crippen LogP contribution in [0.4, 0.5) is 0 Å². The van der Waals surface area contributed by atoms with Gasteiger partial charge in [0.15, 0.2) is 0 Å². The lowest BCUT2D eigenvalue weighted by Crippen LogP contribution is -2.31. The van der Waals surface area contributed by atoms with Crippen LogP contribution in [-0.2, 0) is 19.5 Å². The summed E-state index contributed by atoms with van der Waals surface area (Å²) in [4.78, 5) is 19.3. The zero-order valence-electron chi connectivity index (χ0n) is 13.5. The zero-order valence-corrected chi connectivity index (χ0v) is 14.3. The van der Waals surface area contributed by atoms with Crippen molar-refractivity contribution in [1.82, 2.24) is 14.3 Å². The standard InChI is InChI=1S/C19H18ClN3O/c1-13-3-2-7-23-18(24)10-17(21-19(13)23)12-22-8-6-14-9-16(20)5-4-15(14)11-22/h2-5,7,9-10H,6,8,11-12H2,1H3. The summed E-state index contributed by atoms with van der Waals surface area (Å²) in [7, 11) is 0. The quantitative estimate of drug-likeness (QED) is 0.719. The Hall–Kier alpha value is -2.17. The van der Waals surface area contributed by atoms with E-state index in [2.05, 4.69) is 17.0 Å². The molecule has 2 aromatic heterocycles. The third-order valence-corrected chi connectivity index (χ3v) is 4.82. The molecule has 3 heterocycles. The van der Waals surface area contributed by atoms with E-state index in [4.69, 9.17) is 16.6 Å². The second-order valence-corrected chi connectivity index (χ2v) is 6.78. The molecular weight excluding hydrogens is 322 g/mol. The summed E-state index contributed by atoms with van der Waals surface area (Å²) in [5, 5.41) is 0.793. The van der Waals surface area contributed by atoms with Gasteiger partial charge in [0.1, 0.15) is 5.65 Å². The molecule has 0 radical (unpaired) electrons. The largest absolute Gasteiger partial charge is 0.293 e. The van der Waals surface area contributed by atoms with E-state index in [1.54, 1.807) is 16.7 Å². The van der Waals surface area contributed by atoms with Gasteiger partial charge in [-0.2, -0.15) is 0 Å². The minimum atomic E-state index is -0.0251. The maximum atomic E-state index is 12.3. The van der Waals surface area contributed by atoms with Crippen LogP contribution < -0.4 is 5.56 Å². The summed E-state index contributed by atoms with van der Waals surface area (Å²) in [6, 6.07) is 11.6. The van der Waals surface area contributed by atoms with E-state index in [0.29, 0.717) is 6.54 Å². The van der Waals surface area contributed by atoms with Crippen LogP contribution in [0.2, 0.25) is 5.02 Å². The summed E-state index contributed by atoms with van der Waals surface area (Å²) in [6.45, 7) is 4.47. The fourth-order valence-electron chi connectivity index (χ4n) is 3.33. The molecule has 0 saturated heterocycles. The van der Waals surface area contributed by atoms with Crippen molar-refractivity contribution in [2.45, 2.75) is 26.4 Å². The lowest BCUT2D eigenvalue weighted by molar-refractivity contribution is 0.242. The molecule has 4 nitrogen and oxygen atoms in total. The molecule has 0 fully saturated rings. The predicted octanol–water partition coefficient (Wildman–Crippen LogP) is 3.21. The van der Waals surface area contributed by atoms with Crippen molar-refractivity contribution in [3.05, 3.63) is 80.4 Å². The normalized spacial score (nSPS) is 14.8. The first-order valence-electron chi connectivity index (χ1n) is 8.08. The molecule has 4 rings (SSSR count). The Morgan fingerprint density at radius 1 is 1.21 bits per heavy atom. The third-order valence-electron chi connectivity index (χ3n) is 4.58. The topological polar surface area (TPSA) is 37.6 Å². The average Bonchev–Trinajstić information content (AvgIpc) is 2.56. The van der Waals surface area contributed by atoms with E-state index in [0.717, 1.165) is 41.4 Å². The van der Waals surface area contributed by atoms with E-state index >= 15 is 0 Å². The van der Waals surface area contributed by atoms with E-state index < -0.39 is 0 Å². The first-order chi connectivity index (χ1) is 11.6. The molecule has 1 aliphatic rings. The molecule has 0 saturated carbocycles. The minimum absolute atomic E-state index is 0.0251. The number of fused-ring (bicyclic) bond motifs is 2. The van der Waals surface area contributed by atoms with Crippen molar-refractivity contribution >= 4 is 17.2 Å². The van der Waals surface area contributed by atoms with Gasteiger partial charge >= 0.3 is 0 Å². The van der Waals surface area contributed by atoms with E-state index in [1.807, 2.05) is 25.1 Å². The van der Waals surface area contributed by atoms with Crippen LogP contribution in [0.15, 0.2) is 47.4 Å². The van der Waals surface area contributed by atoms with Crippen molar-refractivity contribution in [2.75, 3.05) is 6.54 Å². The van der Waals surface area contributed by atoms with Gasteiger partial charge in [0.25, 0.3) is 5.56 Å². The van der Waals surface area contributed by atoms with Gasteiger partial charge in [-0.05, 0) is 48.2 Å². The van der Waals surface area contributed by atoms with Crippen LogP contribution in [-0.4, -0.2) is 20.8 Å². The molecule has 0 N–H and O–H groups in total. The molecule has 0 spiro atoms. The van der Waals surface area contributed by atoms with E-state index in [-0.39, 0.29) is 5.56 Å². The number of halogens is 1. The Labute approximate surface area is 145 Å². The van der Waals surface area contributed by atoms with Gasteiger partial charge < -0.3 is 0 Å². The Morgan fingerprint density at radius 2 is 2.08 bits per heavy atom. The molecule has 5 heteroatoms. The maximum absolute atomic E-state index is 12.3. The van der Waals surface area contributed by atoms with Crippen LogP contribution in [0.3, 0.4) is 0 Å². The number of pyridine rings is 1. The number of hydrogen-bond acceptors (Lipinski definition) is 3. The molecular formula is C19H18ClN3O. The second kappa shape index (κ2) is 6.04. The lowest BCUT2D eigenvalue weighted by atomic mass is 10.00. The van der Waals surface area contributed by atoms with Crippen LogP contribution >= 0.6 is 11.6 Å². The Bertz CT molecular complexity index is 980. The molecule has 0 atom stereocenters. The van der Waals surface area contributed by atoms with Crippen LogP contribution in [0, 0.1) is 6.92 Å². The Kier molecular flexibility index (Phi) is 3.87. The number of aryl methyl sites for hydroxylation is 1. The molecule has 122 valence electrons. The van der Waals surface area contributed by atoms with E-state index in [1.165, 1.54) is 11.1 Å². The smallest absolute Gasteiger partial charge is 0.258 e. The number of rotatable bonds is 2. The highest BCUT2D eigenvalue weighted by Crippen LogP contribution is 2.23. The van der Waals surface area contributed by atoms with Crippen molar-refractivity contribution < 1.29 is 0 Å². The van der Waals surface area contributed by atoms with Crippen molar-refractivity contribution in [1.29, 1.82) is 0 Å². The predicted molar refractivity (Wildman–Crippen MR) is 95.5 cm³/mol. The Morgan fingerprint density at radius 3 is 2.96 bits per heavy atom. The molecule has 24 heavy (non-hydrogen) atoms. The highest BCUT2D eigenvalue weighted by Gasteiger charge is 2.17. The molecule has 1 aliphatic heterocycles. The van der Waals surface area contributed by atoms with Crippen LogP contribution in [0.25, 0.3) is 5.65 Å². The summed E-state index contributed by atoms with van der Waals surface area (Å²) in [5.41, 5.74) is 5.18. The van der Waals surface area contributed by atoms with E-state index in [9.17, 15) is 4.79 Å². The van der Waals surface area contributed by atoms with Gasteiger partial charge in [-0.15, -0.1) is 0 Å². The summed E-state index contributed by atoms with van der Waals surface area (Å²) >= 11 is 6.07. The highest BCUT2D eigenvalue weighted by atomic mass is 35.5. The van der Waals surface area contributed by atoms with Crippen molar-refractivity contribution in [3.8, 4) is 0 Å². The second-order valence-electron chi connectivity index (χ2n) is 6.34. The number of benzene rings is 1. The highest BCUT2D eigenvalue weighted by molar-refractivity contribution is 6.30. The fourth-order valence-corrected chi connectivity index (χ4v) is 3.53. The average molecular weight is 340 g/mol.